The second-order valence-corrected chi connectivity index (χ2v) is 8.74. The summed E-state index contributed by atoms with van der Waals surface area (Å²) in [5, 5.41) is 2.88. The monoisotopic (exact) mass is 459 g/mol. The Bertz CT molecular complexity index is 1180. The largest absolute Gasteiger partial charge is 0.493 e. The summed E-state index contributed by atoms with van der Waals surface area (Å²) in [5.41, 5.74) is 1.45. The van der Waals surface area contributed by atoms with Gasteiger partial charge in [-0.25, -0.2) is 0 Å². The second kappa shape index (κ2) is 8.36. The number of amides is 1. The Labute approximate surface area is 188 Å². The van der Waals surface area contributed by atoms with Crippen LogP contribution in [0.3, 0.4) is 0 Å². The average molecular weight is 460 g/mol. The number of rotatable bonds is 4. The lowest BCUT2D eigenvalue weighted by Crippen LogP contribution is -2.27. The molecule has 0 unspecified atom stereocenters. The van der Waals surface area contributed by atoms with Crippen LogP contribution in [-0.2, 0) is 4.79 Å². The molecule has 0 radical (unpaired) electrons. The Morgan fingerprint density at radius 3 is 2.66 bits per heavy atom. The highest BCUT2D eigenvalue weighted by Crippen LogP contribution is 2.40. The number of carbonyl (C=O) groups is 1. The van der Waals surface area contributed by atoms with Gasteiger partial charge in [-0.15, -0.1) is 0 Å². The molecule has 0 bridgehead atoms. The summed E-state index contributed by atoms with van der Waals surface area (Å²) in [6.45, 7) is 2.46. The van der Waals surface area contributed by atoms with Gasteiger partial charge >= 0.3 is 0 Å². The number of nitrogens with zero attached hydrogens (tertiary/aromatic N) is 1. The maximum Gasteiger partial charge on any atom is 0.270 e. The molecule has 3 aromatic carbocycles. The van der Waals surface area contributed by atoms with Gasteiger partial charge in [0.2, 0.25) is 0 Å². The molecule has 7 heteroatoms. The minimum atomic E-state index is -0.200. The zero-order valence-corrected chi connectivity index (χ0v) is 18.5. The number of carbonyl (C=O) groups excluding carboxylic acids is 1. The summed E-state index contributed by atoms with van der Waals surface area (Å²) < 4.78 is 6.26. The third kappa shape index (κ3) is 3.88. The first-order valence-electron chi connectivity index (χ1n) is 8.87. The second-order valence-electron chi connectivity index (χ2n) is 6.25. The minimum Gasteiger partial charge on any atom is -0.493 e. The van der Waals surface area contributed by atoms with Crippen LogP contribution in [-0.4, -0.2) is 16.8 Å². The average Bonchev–Trinajstić information content (AvgIpc) is 2.99. The zero-order chi connectivity index (χ0) is 20.5. The highest BCUT2D eigenvalue weighted by molar-refractivity contribution is 8.27. The van der Waals surface area contributed by atoms with Gasteiger partial charge in [0.05, 0.1) is 27.2 Å². The van der Waals surface area contributed by atoms with Gasteiger partial charge in [0.1, 0.15) is 5.75 Å². The number of halogens is 2. The molecule has 29 heavy (non-hydrogen) atoms. The van der Waals surface area contributed by atoms with E-state index in [0.29, 0.717) is 31.6 Å². The number of fused-ring (bicyclic) bond motifs is 1. The molecule has 0 spiro atoms. The van der Waals surface area contributed by atoms with Gasteiger partial charge in [0.25, 0.3) is 5.91 Å². The number of hydrogen-bond acceptors (Lipinski definition) is 4. The SMILES string of the molecule is CCOc1ccc2ccccc2c1/C=C1\SC(=S)N(c2ccc(Cl)c(Cl)c2)C1=O. The summed E-state index contributed by atoms with van der Waals surface area (Å²) in [5.74, 6) is 0.528. The molecule has 0 N–H and O–H groups in total. The van der Waals surface area contributed by atoms with Gasteiger partial charge in [0.15, 0.2) is 4.32 Å². The van der Waals surface area contributed by atoms with Gasteiger partial charge in [0, 0.05) is 5.56 Å². The van der Waals surface area contributed by atoms with Crippen LogP contribution < -0.4 is 9.64 Å². The van der Waals surface area contributed by atoms with Crippen molar-refractivity contribution in [2.75, 3.05) is 11.5 Å². The van der Waals surface area contributed by atoms with E-state index in [-0.39, 0.29) is 5.91 Å². The Kier molecular flexibility index (Phi) is 5.83. The molecule has 3 aromatic rings. The molecule has 1 aliphatic rings. The Hall–Kier alpha value is -2.05. The van der Waals surface area contributed by atoms with Crippen LogP contribution in [0.5, 0.6) is 5.75 Å². The molecular weight excluding hydrogens is 445 g/mol. The van der Waals surface area contributed by atoms with Crippen molar-refractivity contribution in [3.63, 3.8) is 0 Å². The van der Waals surface area contributed by atoms with Gasteiger partial charge in [-0.1, -0.05) is 77.5 Å². The number of anilines is 1. The number of benzene rings is 3. The number of thioether (sulfide) groups is 1. The lowest BCUT2D eigenvalue weighted by Gasteiger charge is -2.15. The molecule has 1 saturated heterocycles. The predicted octanol–water partition coefficient (Wildman–Crippen LogP) is 6.95. The van der Waals surface area contributed by atoms with Crippen LogP contribution in [0.25, 0.3) is 16.8 Å². The highest BCUT2D eigenvalue weighted by atomic mass is 35.5. The maximum absolute atomic E-state index is 13.2. The van der Waals surface area contributed by atoms with Crippen molar-refractivity contribution in [2.45, 2.75) is 6.92 Å². The molecule has 1 aliphatic heterocycles. The molecule has 0 aromatic heterocycles. The first-order chi connectivity index (χ1) is 14.0. The molecule has 0 saturated carbocycles. The van der Waals surface area contributed by atoms with Crippen LogP contribution >= 0.6 is 47.2 Å². The molecular formula is C22H15Cl2NO2S2. The van der Waals surface area contributed by atoms with Crippen LogP contribution in [0, 0.1) is 0 Å². The summed E-state index contributed by atoms with van der Waals surface area (Å²) >= 11 is 18.8. The number of ether oxygens (including phenoxy) is 1. The maximum atomic E-state index is 13.2. The van der Waals surface area contributed by atoms with Crippen LogP contribution in [0.1, 0.15) is 12.5 Å². The topological polar surface area (TPSA) is 29.5 Å². The minimum absolute atomic E-state index is 0.200. The van der Waals surface area contributed by atoms with E-state index in [1.54, 1.807) is 18.2 Å². The zero-order valence-electron chi connectivity index (χ0n) is 15.3. The molecule has 146 valence electrons. The lowest BCUT2D eigenvalue weighted by atomic mass is 10.0. The van der Waals surface area contributed by atoms with Crippen molar-refractivity contribution in [1.29, 1.82) is 0 Å². The Balaban J connectivity index is 1.79. The van der Waals surface area contributed by atoms with Crippen molar-refractivity contribution in [3.05, 3.63) is 75.1 Å². The van der Waals surface area contributed by atoms with E-state index in [1.165, 1.54) is 16.7 Å². The van der Waals surface area contributed by atoms with E-state index in [9.17, 15) is 4.79 Å². The van der Waals surface area contributed by atoms with Crippen LogP contribution in [0.2, 0.25) is 10.0 Å². The number of thiocarbonyl (C=S) groups is 1. The summed E-state index contributed by atoms with van der Waals surface area (Å²) in [6, 6.07) is 17.0. The molecule has 1 fully saturated rings. The Morgan fingerprint density at radius 2 is 1.90 bits per heavy atom. The smallest absolute Gasteiger partial charge is 0.270 e. The van der Waals surface area contributed by atoms with Gasteiger partial charge in [-0.3, -0.25) is 9.69 Å². The van der Waals surface area contributed by atoms with Crippen LogP contribution in [0.15, 0.2) is 59.5 Å². The quantitative estimate of drug-likeness (QED) is 0.311. The van der Waals surface area contributed by atoms with Gasteiger partial charge < -0.3 is 4.74 Å². The molecule has 0 aliphatic carbocycles. The summed E-state index contributed by atoms with van der Waals surface area (Å²) in [7, 11) is 0. The highest BCUT2D eigenvalue weighted by Gasteiger charge is 2.34. The molecule has 1 heterocycles. The molecule has 3 nitrogen and oxygen atoms in total. The molecule has 4 rings (SSSR count). The van der Waals surface area contributed by atoms with E-state index in [1.807, 2.05) is 49.4 Å². The summed E-state index contributed by atoms with van der Waals surface area (Å²) in [4.78, 5) is 15.2. The van der Waals surface area contributed by atoms with E-state index >= 15 is 0 Å². The summed E-state index contributed by atoms with van der Waals surface area (Å²) in [6.07, 6.45) is 1.85. The van der Waals surface area contributed by atoms with Crippen molar-refractivity contribution in [3.8, 4) is 5.75 Å². The van der Waals surface area contributed by atoms with E-state index < -0.39 is 0 Å². The van der Waals surface area contributed by atoms with Crippen molar-refractivity contribution >= 4 is 79.9 Å². The Morgan fingerprint density at radius 1 is 1.10 bits per heavy atom. The van der Waals surface area contributed by atoms with Crippen LogP contribution in [0.4, 0.5) is 5.69 Å². The van der Waals surface area contributed by atoms with E-state index in [0.717, 1.165) is 22.1 Å². The number of hydrogen-bond donors (Lipinski definition) is 0. The third-order valence-corrected chi connectivity index (χ3v) is 6.50. The predicted molar refractivity (Wildman–Crippen MR) is 127 cm³/mol. The molecule has 1 amide bonds. The van der Waals surface area contributed by atoms with Crippen molar-refractivity contribution in [1.82, 2.24) is 0 Å². The van der Waals surface area contributed by atoms with Crippen molar-refractivity contribution < 1.29 is 9.53 Å². The lowest BCUT2D eigenvalue weighted by molar-refractivity contribution is -0.113. The van der Waals surface area contributed by atoms with Gasteiger partial charge in [-0.05, 0) is 48.0 Å². The van der Waals surface area contributed by atoms with Crippen molar-refractivity contribution in [2.24, 2.45) is 0 Å². The first kappa shape index (κ1) is 20.2. The fourth-order valence-electron chi connectivity index (χ4n) is 3.15. The molecule has 0 atom stereocenters. The first-order valence-corrected chi connectivity index (χ1v) is 10.8. The standard InChI is InChI=1S/C22H15Cl2NO2S2/c1-2-27-19-10-7-13-5-3-4-6-15(13)16(19)12-20-21(26)25(22(28)29-20)14-8-9-17(23)18(24)11-14/h3-12H,2H2,1H3/b20-12-. The fraction of sp³-hybridized carbons (Fsp3) is 0.0909. The van der Waals surface area contributed by atoms with E-state index in [4.69, 9.17) is 40.2 Å². The normalized spacial score (nSPS) is 15.6. The van der Waals surface area contributed by atoms with E-state index in [2.05, 4.69) is 0 Å². The fourth-order valence-corrected chi connectivity index (χ4v) is 4.72. The van der Waals surface area contributed by atoms with Gasteiger partial charge in [-0.2, -0.15) is 0 Å². The third-order valence-electron chi connectivity index (χ3n) is 4.46.